The SMILES string of the molecule is CCN(CC)C(=O)Nc1c[nH]nc1-c1nc2cc(F)c(N(CCN(C)C)C(=O)N(CC)CC)cc2[nH]1. The van der Waals surface area contributed by atoms with Crippen molar-refractivity contribution < 1.29 is 14.0 Å². The highest BCUT2D eigenvalue weighted by Crippen LogP contribution is 2.30. The average Bonchev–Trinajstić information content (AvgIpc) is 3.46. The van der Waals surface area contributed by atoms with Crippen molar-refractivity contribution in [1.82, 2.24) is 34.9 Å². The molecule has 0 fully saturated rings. The lowest BCUT2D eigenvalue weighted by Crippen LogP contribution is -2.46. The summed E-state index contributed by atoms with van der Waals surface area (Å²) in [4.78, 5) is 40.1. The Morgan fingerprint density at radius 1 is 1.00 bits per heavy atom. The number of imidazole rings is 1. The molecule has 0 bridgehead atoms. The Hall–Kier alpha value is -3.67. The average molecular weight is 502 g/mol. The number of aromatic amines is 2. The molecule has 3 rings (SSSR count). The van der Waals surface area contributed by atoms with E-state index in [1.807, 2.05) is 46.7 Å². The Balaban J connectivity index is 1.98. The molecule has 0 atom stereocenters. The zero-order chi connectivity index (χ0) is 26.4. The molecule has 36 heavy (non-hydrogen) atoms. The summed E-state index contributed by atoms with van der Waals surface area (Å²) in [7, 11) is 3.81. The van der Waals surface area contributed by atoms with E-state index in [4.69, 9.17) is 0 Å². The van der Waals surface area contributed by atoms with E-state index in [-0.39, 0.29) is 17.7 Å². The Morgan fingerprint density at radius 2 is 1.67 bits per heavy atom. The molecule has 4 amide bonds. The van der Waals surface area contributed by atoms with Crippen LogP contribution in [0.5, 0.6) is 0 Å². The molecule has 3 N–H and O–H groups in total. The predicted molar refractivity (Wildman–Crippen MR) is 140 cm³/mol. The summed E-state index contributed by atoms with van der Waals surface area (Å²) in [6.07, 6.45) is 1.57. The number of nitrogens with zero attached hydrogens (tertiary/aromatic N) is 6. The summed E-state index contributed by atoms with van der Waals surface area (Å²) >= 11 is 0. The van der Waals surface area contributed by atoms with Gasteiger partial charge in [-0.1, -0.05) is 0 Å². The van der Waals surface area contributed by atoms with Crippen LogP contribution in [0.25, 0.3) is 22.6 Å². The maximum Gasteiger partial charge on any atom is 0.324 e. The van der Waals surface area contributed by atoms with Crippen LogP contribution in [0.1, 0.15) is 27.7 Å². The van der Waals surface area contributed by atoms with Crippen molar-refractivity contribution in [1.29, 1.82) is 0 Å². The van der Waals surface area contributed by atoms with Crippen molar-refractivity contribution in [3.8, 4) is 11.5 Å². The second-order valence-electron chi connectivity index (χ2n) is 8.57. The minimum absolute atomic E-state index is 0.175. The van der Waals surface area contributed by atoms with Gasteiger partial charge in [-0.2, -0.15) is 5.10 Å². The smallest absolute Gasteiger partial charge is 0.324 e. The summed E-state index contributed by atoms with van der Waals surface area (Å²) in [6.45, 7) is 10.7. The molecule has 2 heterocycles. The summed E-state index contributed by atoms with van der Waals surface area (Å²) in [5, 5.41) is 9.82. The fourth-order valence-electron chi connectivity index (χ4n) is 3.89. The van der Waals surface area contributed by atoms with Crippen LogP contribution < -0.4 is 10.2 Å². The number of likely N-dealkylation sites (N-methyl/N-ethyl adjacent to an activating group) is 1. The summed E-state index contributed by atoms with van der Waals surface area (Å²) in [5.41, 5.74) is 1.97. The standard InChI is InChI=1S/C24H36FN9O2/c1-7-32(8-2)23(35)29-19-15-26-30-21(19)22-27-17-13-16(25)20(14-18(17)28-22)34(12-11-31(5)6)24(36)33(9-3)10-4/h13-15H,7-12H2,1-6H3,(H,26,30)(H,27,28)(H,29,35). The van der Waals surface area contributed by atoms with Crippen LogP contribution in [0.15, 0.2) is 18.3 Å². The Kier molecular flexibility index (Phi) is 8.86. The topological polar surface area (TPSA) is 116 Å². The molecule has 196 valence electrons. The second kappa shape index (κ2) is 11.8. The molecule has 0 saturated heterocycles. The number of halogens is 1. The van der Waals surface area contributed by atoms with Crippen molar-refractivity contribution in [2.45, 2.75) is 27.7 Å². The number of carbonyl (C=O) groups excluding carboxylic acids is 2. The number of rotatable bonds is 10. The monoisotopic (exact) mass is 501 g/mol. The van der Waals surface area contributed by atoms with Crippen molar-refractivity contribution in [2.24, 2.45) is 0 Å². The first-order chi connectivity index (χ1) is 17.2. The minimum Gasteiger partial charge on any atom is -0.336 e. The van der Waals surface area contributed by atoms with Gasteiger partial charge in [0.2, 0.25) is 0 Å². The van der Waals surface area contributed by atoms with Gasteiger partial charge in [0.05, 0.1) is 22.4 Å². The maximum atomic E-state index is 15.3. The lowest BCUT2D eigenvalue weighted by atomic mass is 10.2. The number of H-pyrrole nitrogens is 2. The Morgan fingerprint density at radius 3 is 2.28 bits per heavy atom. The van der Waals surface area contributed by atoms with E-state index in [0.717, 1.165) is 0 Å². The van der Waals surface area contributed by atoms with E-state index in [1.165, 1.54) is 11.0 Å². The molecule has 0 aliphatic carbocycles. The highest BCUT2D eigenvalue weighted by Gasteiger charge is 2.25. The summed E-state index contributed by atoms with van der Waals surface area (Å²) in [5.74, 6) is -0.176. The first kappa shape index (κ1) is 26.9. The molecule has 1 aromatic carbocycles. The molecule has 12 heteroatoms. The zero-order valence-corrected chi connectivity index (χ0v) is 21.9. The van der Waals surface area contributed by atoms with E-state index < -0.39 is 5.82 Å². The van der Waals surface area contributed by atoms with Crippen LogP contribution in [0.4, 0.5) is 25.4 Å². The van der Waals surface area contributed by atoms with Gasteiger partial charge in [0, 0.05) is 51.5 Å². The highest BCUT2D eigenvalue weighted by molar-refractivity contribution is 5.96. The third-order valence-electron chi connectivity index (χ3n) is 6.03. The second-order valence-corrected chi connectivity index (χ2v) is 8.57. The van der Waals surface area contributed by atoms with Crippen LogP contribution in [-0.4, -0.2) is 100 Å². The molecule has 3 aromatic rings. The van der Waals surface area contributed by atoms with Crippen LogP contribution in [0.2, 0.25) is 0 Å². The molecule has 0 aliphatic rings. The molecular formula is C24H36FN9O2. The fraction of sp³-hybridized carbons (Fsp3) is 0.500. The van der Waals surface area contributed by atoms with Crippen molar-refractivity contribution >= 4 is 34.5 Å². The van der Waals surface area contributed by atoms with E-state index >= 15 is 4.39 Å². The van der Waals surface area contributed by atoms with Gasteiger partial charge in [-0.15, -0.1) is 0 Å². The molecule has 2 aromatic heterocycles. The fourth-order valence-corrected chi connectivity index (χ4v) is 3.89. The van der Waals surface area contributed by atoms with Crippen molar-refractivity contribution in [2.75, 3.05) is 63.6 Å². The van der Waals surface area contributed by atoms with Gasteiger partial charge >= 0.3 is 12.1 Å². The minimum atomic E-state index is -0.545. The van der Waals surface area contributed by atoms with Gasteiger partial charge in [-0.3, -0.25) is 10.00 Å². The van der Waals surface area contributed by atoms with Crippen LogP contribution in [0, 0.1) is 5.82 Å². The van der Waals surface area contributed by atoms with Crippen LogP contribution >= 0.6 is 0 Å². The number of nitrogens with one attached hydrogen (secondary N) is 3. The number of urea groups is 2. The molecular weight excluding hydrogens is 465 g/mol. The maximum absolute atomic E-state index is 15.3. The largest absolute Gasteiger partial charge is 0.336 e. The highest BCUT2D eigenvalue weighted by atomic mass is 19.1. The van der Waals surface area contributed by atoms with Crippen LogP contribution in [0.3, 0.4) is 0 Å². The Labute approximate surface area is 210 Å². The van der Waals surface area contributed by atoms with Gasteiger partial charge in [0.15, 0.2) is 11.5 Å². The van der Waals surface area contributed by atoms with E-state index in [1.54, 1.807) is 22.1 Å². The molecule has 0 spiro atoms. The number of hydrogen-bond donors (Lipinski definition) is 3. The number of fused-ring (bicyclic) bond motifs is 1. The Bertz CT molecular complexity index is 1180. The molecule has 0 unspecified atom stereocenters. The van der Waals surface area contributed by atoms with Gasteiger partial charge in [-0.05, 0) is 47.9 Å². The van der Waals surface area contributed by atoms with Crippen molar-refractivity contribution in [3.05, 3.63) is 24.1 Å². The van der Waals surface area contributed by atoms with Crippen LogP contribution in [-0.2, 0) is 0 Å². The number of benzene rings is 1. The number of aromatic nitrogens is 4. The quantitative estimate of drug-likeness (QED) is 0.391. The third-order valence-corrected chi connectivity index (χ3v) is 6.03. The first-order valence-corrected chi connectivity index (χ1v) is 12.2. The first-order valence-electron chi connectivity index (χ1n) is 12.2. The lowest BCUT2D eigenvalue weighted by molar-refractivity contribution is 0.209. The van der Waals surface area contributed by atoms with Gasteiger partial charge in [0.1, 0.15) is 5.82 Å². The zero-order valence-electron chi connectivity index (χ0n) is 21.9. The molecule has 0 radical (unpaired) electrons. The third kappa shape index (κ3) is 5.76. The number of hydrogen-bond acceptors (Lipinski definition) is 5. The van der Waals surface area contributed by atoms with E-state index in [2.05, 4.69) is 25.5 Å². The molecule has 0 aliphatic heterocycles. The van der Waals surface area contributed by atoms with E-state index in [0.29, 0.717) is 67.5 Å². The van der Waals surface area contributed by atoms with Gasteiger partial charge < -0.3 is 25.0 Å². The van der Waals surface area contributed by atoms with Crippen molar-refractivity contribution in [3.63, 3.8) is 0 Å². The number of carbonyl (C=O) groups is 2. The lowest BCUT2D eigenvalue weighted by Gasteiger charge is -2.30. The number of amides is 4. The number of anilines is 2. The molecule has 11 nitrogen and oxygen atoms in total. The normalized spacial score (nSPS) is 11.2. The van der Waals surface area contributed by atoms with Gasteiger partial charge in [-0.25, -0.2) is 19.0 Å². The van der Waals surface area contributed by atoms with Gasteiger partial charge in [0.25, 0.3) is 0 Å². The summed E-state index contributed by atoms with van der Waals surface area (Å²) in [6, 6.07) is 2.40. The predicted octanol–water partition coefficient (Wildman–Crippen LogP) is 3.80. The molecule has 0 saturated carbocycles. The summed E-state index contributed by atoms with van der Waals surface area (Å²) < 4.78 is 15.3. The van der Waals surface area contributed by atoms with E-state index in [9.17, 15) is 9.59 Å².